The van der Waals surface area contributed by atoms with Gasteiger partial charge >= 0.3 is 6.18 Å². The lowest BCUT2D eigenvalue weighted by molar-refractivity contribution is -0.149. The van der Waals surface area contributed by atoms with Crippen molar-refractivity contribution in [3.8, 4) is 0 Å². The second kappa shape index (κ2) is 4.70. The first-order valence-corrected chi connectivity index (χ1v) is 4.16. The Labute approximate surface area is 71.1 Å². The van der Waals surface area contributed by atoms with E-state index in [0.717, 1.165) is 6.42 Å². The second-order valence-electron chi connectivity index (χ2n) is 3.47. The minimum absolute atomic E-state index is 0.0433. The van der Waals surface area contributed by atoms with Crippen molar-refractivity contribution in [2.45, 2.75) is 45.3 Å². The van der Waals surface area contributed by atoms with Gasteiger partial charge < -0.3 is 5.73 Å². The predicted molar refractivity (Wildman–Crippen MR) is 42.7 cm³/mol. The Bertz CT molecular complexity index is 120. The van der Waals surface area contributed by atoms with Crippen LogP contribution in [0.4, 0.5) is 13.2 Å². The maximum atomic E-state index is 11.8. The average molecular weight is 183 g/mol. The van der Waals surface area contributed by atoms with E-state index in [4.69, 9.17) is 5.73 Å². The van der Waals surface area contributed by atoms with Crippen LogP contribution in [-0.4, -0.2) is 12.2 Å². The molecule has 0 heterocycles. The highest BCUT2D eigenvalue weighted by molar-refractivity contribution is 4.70. The van der Waals surface area contributed by atoms with E-state index >= 15 is 0 Å². The number of rotatable bonds is 4. The summed E-state index contributed by atoms with van der Waals surface area (Å²) in [5.41, 5.74) is 4.91. The van der Waals surface area contributed by atoms with Crippen LogP contribution in [0.3, 0.4) is 0 Å². The zero-order valence-electron chi connectivity index (χ0n) is 7.49. The van der Waals surface area contributed by atoms with Gasteiger partial charge in [-0.05, 0) is 12.3 Å². The third kappa shape index (κ3) is 5.41. The second-order valence-corrected chi connectivity index (χ2v) is 3.47. The summed E-state index contributed by atoms with van der Waals surface area (Å²) in [5, 5.41) is 0. The Morgan fingerprint density at radius 2 is 1.67 bits per heavy atom. The molecule has 0 saturated carbocycles. The quantitative estimate of drug-likeness (QED) is 0.712. The SMILES string of the molecule is CC(C)CCCC(N)C(F)(F)F. The Kier molecular flexibility index (Phi) is 4.60. The van der Waals surface area contributed by atoms with Crippen LogP contribution in [0.25, 0.3) is 0 Å². The van der Waals surface area contributed by atoms with E-state index < -0.39 is 12.2 Å². The van der Waals surface area contributed by atoms with E-state index in [2.05, 4.69) is 0 Å². The number of hydrogen-bond acceptors (Lipinski definition) is 1. The summed E-state index contributed by atoms with van der Waals surface area (Å²) in [5.74, 6) is 0.449. The number of nitrogens with two attached hydrogens (primary N) is 1. The minimum atomic E-state index is -4.23. The van der Waals surface area contributed by atoms with Crippen LogP contribution < -0.4 is 5.73 Å². The number of halogens is 3. The van der Waals surface area contributed by atoms with E-state index in [1.165, 1.54) is 0 Å². The topological polar surface area (TPSA) is 26.0 Å². The summed E-state index contributed by atoms with van der Waals surface area (Å²) in [6.45, 7) is 3.97. The van der Waals surface area contributed by atoms with Crippen molar-refractivity contribution < 1.29 is 13.2 Å². The Morgan fingerprint density at radius 3 is 2.00 bits per heavy atom. The van der Waals surface area contributed by atoms with Gasteiger partial charge in [-0.3, -0.25) is 0 Å². The molecule has 0 saturated heterocycles. The molecule has 0 fully saturated rings. The van der Waals surface area contributed by atoms with Gasteiger partial charge in [-0.25, -0.2) is 0 Å². The summed E-state index contributed by atoms with van der Waals surface area (Å²) in [6, 6.07) is -1.64. The molecule has 1 unspecified atom stereocenters. The van der Waals surface area contributed by atoms with Crippen LogP contribution >= 0.6 is 0 Å². The zero-order valence-corrected chi connectivity index (χ0v) is 7.49. The fourth-order valence-electron chi connectivity index (χ4n) is 0.910. The largest absolute Gasteiger partial charge is 0.403 e. The zero-order chi connectivity index (χ0) is 9.78. The van der Waals surface area contributed by atoms with E-state index in [-0.39, 0.29) is 6.42 Å². The molecule has 74 valence electrons. The van der Waals surface area contributed by atoms with Crippen LogP contribution in [0.5, 0.6) is 0 Å². The maximum absolute atomic E-state index is 11.8. The van der Waals surface area contributed by atoms with Gasteiger partial charge in [0.25, 0.3) is 0 Å². The van der Waals surface area contributed by atoms with Gasteiger partial charge in [-0.2, -0.15) is 13.2 Å². The third-order valence-electron chi connectivity index (χ3n) is 1.72. The van der Waals surface area contributed by atoms with Crippen molar-refractivity contribution in [3.05, 3.63) is 0 Å². The molecular weight excluding hydrogens is 167 g/mol. The van der Waals surface area contributed by atoms with E-state index in [1.54, 1.807) is 0 Å². The van der Waals surface area contributed by atoms with Crippen molar-refractivity contribution in [1.29, 1.82) is 0 Å². The van der Waals surface area contributed by atoms with Gasteiger partial charge in [0.05, 0.1) is 0 Å². The average Bonchev–Trinajstić information content (AvgIpc) is 1.84. The third-order valence-corrected chi connectivity index (χ3v) is 1.72. The first kappa shape index (κ1) is 11.8. The summed E-state index contributed by atoms with van der Waals surface area (Å²) in [7, 11) is 0. The summed E-state index contributed by atoms with van der Waals surface area (Å²) in [6.07, 6.45) is -2.82. The molecule has 0 radical (unpaired) electrons. The highest BCUT2D eigenvalue weighted by Crippen LogP contribution is 2.22. The van der Waals surface area contributed by atoms with Crippen LogP contribution in [-0.2, 0) is 0 Å². The van der Waals surface area contributed by atoms with Crippen molar-refractivity contribution >= 4 is 0 Å². The fourth-order valence-corrected chi connectivity index (χ4v) is 0.910. The molecule has 0 amide bonds. The van der Waals surface area contributed by atoms with Crippen LogP contribution in [0.15, 0.2) is 0 Å². The molecule has 0 aromatic heterocycles. The summed E-state index contributed by atoms with van der Waals surface area (Å²) >= 11 is 0. The Hall–Kier alpha value is -0.250. The van der Waals surface area contributed by atoms with Crippen LogP contribution in [0.2, 0.25) is 0 Å². The van der Waals surface area contributed by atoms with Gasteiger partial charge in [0.1, 0.15) is 6.04 Å². The molecule has 0 aliphatic carbocycles. The van der Waals surface area contributed by atoms with Crippen molar-refractivity contribution in [1.82, 2.24) is 0 Å². The lowest BCUT2D eigenvalue weighted by Crippen LogP contribution is -2.37. The molecule has 2 N–H and O–H groups in total. The van der Waals surface area contributed by atoms with Crippen molar-refractivity contribution in [2.24, 2.45) is 11.7 Å². The van der Waals surface area contributed by atoms with E-state index in [1.807, 2.05) is 13.8 Å². The molecule has 0 bridgehead atoms. The lowest BCUT2D eigenvalue weighted by atomic mass is 10.0. The molecule has 0 spiro atoms. The number of hydrogen-bond donors (Lipinski definition) is 1. The standard InChI is InChI=1S/C8H16F3N/c1-6(2)4-3-5-7(12)8(9,10)11/h6-7H,3-5,12H2,1-2H3. The lowest BCUT2D eigenvalue weighted by Gasteiger charge is -2.15. The van der Waals surface area contributed by atoms with Gasteiger partial charge in [0.2, 0.25) is 0 Å². The normalized spacial score (nSPS) is 15.2. The molecule has 4 heteroatoms. The number of alkyl halides is 3. The van der Waals surface area contributed by atoms with Crippen LogP contribution in [0.1, 0.15) is 33.1 Å². The first-order chi connectivity index (χ1) is 5.34. The molecule has 0 aliphatic rings. The molecule has 1 nitrogen and oxygen atoms in total. The van der Waals surface area contributed by atoms with Crippen LogP contribution in [0, 0.1) is 5.92 Å². The summed E-state index contributed by atoms with van der Waals surface area (Å²) < 4.78 is 35.5. The molecule has 0 rings (SSSR count). The predicted octanol–water partition coefficient (Wildman–Crippen LogP) is 2.70. The molecule has 12 heavy (non-hydrogen) atoms. The van der Waals surface area contributed by atoms with Gasteiger partial charge in [0, 0.05) is 0 Å². The molecular formula is C8H16F3N. The minimum Gasteiger partial charge on any atom is -0.320 e. The molecule has 1 atom stereocenters. The van der Waals surface area contributed by atoms with Crippen molar-refractivity contribution in [3.63, 3.8) is 0 Å². The molecule has 0 aliphatic heterocycles. The van der Waals surface area contributed by atoms with Crippen molar-refractivity contribution in [2.75, 3.05) is 0 Å². The Balaban J connectivity index is 3.51. The van der Waals surface area contributed by atoms with E-state index in [0.29, 0.717) is 12.3 Å². The Morgan fingerprint density at radius 1 is 1.17 bits per heavy atom. The van der Waals surface area contributed by atoms with E-state index in [9.17, 15) is 13.2 Å². The van der Waals surface area contributed by atoms with Gasteiger partial charge in [-0.1, -0.05) is 26.7 Å². The highest BCUT2D eigenvalue weighted by Gasteiger charge is 2.35. The smallest absolute Gasteiger partial charge is 0.320 e. The highest BCUT2D eigenvalue weighted by atomic mass is 19.4. The van der Waals surface area contributed by atoms with Gasteiger partial charge in [0.15, 0.2) is 0 Å². The monoisotopic (exact) mass is 183 g/mol. The maximum Gasteiger partial charge on any atom is 0.403 e. The molecule has 0 aromatic carbocycles. The summed E-state index contributed by atoms with van der Waals surface area (Å²) in [4.78, 5) is 0. The molecule has 0 aromatic rings. The fraction of sp³-hybridized carbons (Fsp3) is 1.00. The first-order valence-electron chi connectivity index (χ1n) is 4.16. The van der Waals surface area contributed by atoms with Gasteiger partial charge in [-0.15, -0.1) is 0 Å².